The van der Waals surface area contributed by atoms with Gasteiger partial charge >= 0.3 is 6.36 Å². The number of sulfone groups is 2. The van der Waals surface area contributed by atoms with E-state index in [4.69, 9.17) is 11.6 Å². The maximum Gasteiger partial charge on any atom is 0.573 e. The van der Waals surface area contributed by atoms with Gasteiger partial charge < -0.3 is 9.64 Å². The van der Waals surface area contributed by atoms with E-state index in [1.54, 1.807) is 0 Å². The lowest BCUT2D eigenvalue weighted by Gasteiger charge is -2.32. The second-order valence-electron chi connectivity index (χ2n) is 7.95. The minimum atomic E-state index is -5.02. The van der Waals surface area contributed by atoms with Gasteiger partial charge in [0.25, 0.3) is 5.91 Å². The summed E-state index contributed by atoms with van der Waals surface area (Å²) < 4.78 is 90.9. The Kier molecular flexibility index (Phi) is 7.54. The van der Waals surface area contributed by atoms with Crippen LogP contribution in [0.5, 0.6) is 5.75 Å². The first-order valence-corrected chi connectivity index (χ1v) is 14.0. The van der Waals surface area contributed by atoms with Crippen LogP contribution in [0.3, 0.4) is 0 Å². The maximum absolute atomic E-state index is 13.0. The highest BCUT2D eigenvalue weighted by atomic mass is 35.5. The molecule has 3 rings (SSSR count). The van der Waals surface area contributed by atoms with Crippen molar-refractivity contribution in [2.24, 2.45) is 5.92 Å². The molecule has 0 aliphatic carbocycles. The Morgan fingerprint density at radius 1 is 1.06 bits per heavy atom. The molecule has 1 aliphatic heterocycles. The third-order valence-corrected chi connectivity index (χ3v) is 8.64. The lowest BCUT2D eigenvalue weighted by Crippen LogP contribution is -2.40. The second kappa shape index (κ2) is 9.74. The summed E-state index contributed by atoms with van der Waals surface area (Å²) in [6.45, 7) is 0.341. The molecular weight excluding hydrogens is 519 g/mol. The van der Waals surface area contributed by atoms with E-state index in [9.17, 15) is 34.8 Å². The topological polar surface area (TPSA) is 97.8 Å². The fourth-order valence-electron chi connectivity index (χ4n) is 3.70. The summed E-state index contributed by atoms with van der Waals surface area (Å²) in [5.41, 5.74) is -0.274. The first-order valence-electron chi connectivity index (χ1n) is 10.0. The van der Waals surface area contributed by atoms with Gasteiger partial charge in [0.1, 0.15) is 5.75 Å². The molecule has 7 nitrogen and oxygen atoms in total. The molecule has 1 saturated heterocycles. The fourth-order valence-corrected chi connectivity index (χ4v) is 6.41. The van der Waals surface area contributed by atoms with Gasteiger partial charge in [-0.1, -0.05) is 11.6 Å². The van der Waals surface area contributed by atoms with Gasteiger partial charge in [-0.3, -0.25) is 4.79 Å². The van der Waals surface area contributed by atoms with Crippen LogP contribution in [0, 0.1) is 5.92 Å². The predicted molar refractivity (Wildman–Crippen MR) is 118 cm³/mol. The minimum Gasteiger partial charge on any atom is -0.406 e. The van der Waals surface area contributed by atoms with Crippen molar-refractivity contribution in [3.05, 3.63) is 53.1 Å². The van der Waals surface area contributed by atoms with Crippen molar-refractivity contribution in [3.63, 3.8) is 0 Å². The van der Waals surface area contributed by atoms with Crippen LogP contribution in [0.1, 0.15) is 23.2 Å². The number of hydrogen-bond donors (Lipinski definition) is 0. The van der Waals surface area contributed by atoms with E-state index in [0.717, 1.165) is 18.4 Å². The Balaban J connectivity index is 1.72. The quantitative estimate of drug-likeness (QED) is 0.551. The molecule has 0 spiro atoms. The molecule has 2 aromatic carbocycles. The molecule has 0 aromatic heterocycles. The van der Waals surface area contributed by atoms with Crippen LogP contribution in [0.4, 0.5) is 13.2 Å². The summed E-state index contributed by atoms with van der Waals surface area (Å²) in [6.07, 6.45) is -3.51. The first-order chi connectivity index (χ1) is 15.7. The molecule has 1 fully saturated rings. The lowest BCUT2D eigenvalue weighted by atomic mass is 9.98. The number of hydrogen-bond acceptors (Lipinski definition) is 6. The molecule has 0 N–H and O–H groups in total. The average Bonchev–Trinajstić information content (AvgIpc) is 2.72. The SMILES string of the molecule is CS(=O)(=O)c1cc(OC(F)(F)F)ccc1C(=O)N1CCC(CS(=O)(=O)c2ccc(Cl)cc2)CC1. The predicted octanol–water partition coefficient (Wildman–Crippen LogP) is 3.97. The van der Waals surface area contributed by atoms with Crippen LogP contribution in [0.15, 0.2) is 52.3 Å². The normalized spacial score (nSPS) is 15.9. The summed E-state index contributed by atoms with van der Waals surface area (Å²) in [4.78, 5) is 13.9. The third kappa shape index (κ3) is 6.63. The van der Waals surface area contributed by atoms with Crippen LogP contribution in [0.2, 0.25) is 5.02 Å². The molecule has 0 unspecified atom stereocenters. The van der Waals surface area contributed by atoms with Crippen molar-refractivity contribution in [2.75, 3.05) is 25.1 Å². The second-order valence-corrected chi connectivity index (χ2v) is 12.4. The van der Waals surface area contributed by atoms with Gasteiger partial charge in [-0.25, -0.2) is 16.8 Å². The monoisotopic (exact) mass is 539 g/mol. The molecule has 13 heteroatoms. The molecule has 186 valence electrons. The van der Waals surface area contributed by atoms with Gasteiger partial charge in [0.2, 0.25) is 0 Å². The molecule has 0 atom stereocenters. The molecule has 1 aliphatic rings. The Labute approximate surface area is 200 Å². The molecular formula is C21H21ClF3NO6S2. The van der Waals surface area contributed by atoms with Crippen LogP contribution in [0.25, 0.3) is 0 Å². The van der Waals surface area contributed by atoms with Gasteiger partial charge in [0, 0.05) is 24.4 Å². The average molecular weight is 540 g/mol. The maximum atomic E-state index is 13.0. The Hall–Kier alpha value is -2.31. The van der Waals surface area contributed by atoms with Crippen molar-refractivity contribution >= 4 is 37.2 Å². The molecule has 1 heterocycles. The third-order valence-electron chi connectivity index (χ3n) is 5.35. The van der Waals surface area contributed by atoms with Crippen LogP contribution < -0.4 is 4.74 Å². The molecule has 0 radical (unpaired) electrons. The molecule has 0 saturated carbocycles. The number of carbonyl (C=O) groups is 1. The number of ether oxygens (including phenoxy) is 1. The minimum absolute atomic E-state index is 0.116. The number of benzene rings is 2. The largest absolute Gasteiger partial charge is 0.573 e. The van der Waals surface area contributed by atoms with Crippen molar-refractivity contribution in [3.8, 4) is 5.75 Å². The lowest BCUT2D eigenvalue weighted by molar-refractivity contribution is -0.274. The Morgan fingerprint density at radius 3 is 2.18 bits per heavy atom. The number of likely N-dealkylation sites (tertiary alicyclic amines) is 1. The standard InChI is InChI=1S/C21H21ClF3NO6S2/c1-33(28,29)19-12-16(32-21(23,24)25)4-7-18(19)20(27)26-10-8-14(9-11-26)13-34(30,31)17-5-2-15(22)3-6-17/h2-7,12,14H,8-11,13H2,1H3. The van der Waals surface area contributed by atoms with E-state index < -0.39 is 42.6 Å². The zero-order chi connectivity index (χ0) is 25.3. The highest BCUT2D eigenvalue weighted by molar-refractivity contribution is 7.91. The Morgan fingerprint density at radius 2 is 1.65 bits per heavy atom. The number of halogens is 4. The molecule has 34 heavy (non-hydrogen) atoms. The van der Waals surface area contributed by atoms with Gasteiger partial charge in [-0.05, 0) is 61.2 Å². The van der Waals surface area contributed by atoms with Crippen LogP contribution in [-0.4, -0.2) is 59.1 Å². The zero-order valence-corrected chi connectivity index (χ0v) is 20.3. The van der Waals surface area contributed by atoms with E-state index in [-0.39, 0.29) is 35.2 Å². The van der Waals surface area contributed by atoms with Crippen molar-refractivity contribution in [2.45, 2.75) is 29.0 Å². The van der Waals surface area contributed by atoms with Crippen molar-refractivity contribution in [1.82, 2.24) is 4.90 Å². The number of amides is 1. The first kappa shape index (κ1) is 26.3. The summed E-state index contributed by atoms with van der Waals surface area (Å²) in [6, 6.07) is 8.35. The number of alkyl halides is 3. The van der Waals surface area contributed by atoms with Gasteiger partial charge in [-0.15, -0.1) is 13.2 Å². The number of nitrogens with zero attached hydrogens (tertiary/aromatic N) is 1. The van der Waals surface area contributed by atoms with E-state index in [1.165, 1.54) is 29.2 Å². The Bertz CT molecular complexity index is 1270. The van der Waals surface area contributed by atoms with Crippen molar-refractivity contribution in [1.29, 1.82) is 0 Å². The highest BCUT2D eigenvalue weighted by Crippen LogP contribution is 2.30. The van der Waals surface area contributed by atoms with Crippen molar-refractivity contribution < 1.29 is 39.5 Å². The van der Waals surface area contributed by atoms with Crippen LogP contribution >= 0.6 is 11.6 Å². The van der Waals surface area contributed by atoms with Gasteiger partial charge in [-0.2, -0.15) is 0 Å². The zero-order valence-electron chi connectivity index (χ0n) is 17.9. The number of piperidine rings is 1. The molecule has 2 aromatic rings. The molecule has 1 amide bonds. The van der Waals surface area contributed by atoms with Crippen LogP contribution in [-0.2, 0) is 19.7 Å². The summed E-state index contributed by atoms with van der Waals surface area (Å²) in [5, 5.41) is 0.414. The summed E-state index contributed by atoms with van der Waals surface area (Å²) in [7, 11) is -7.61. The summed E-state index contributed by atoms with van der Waals surface area (Å²) >= 11 is 5.80. The van der Waals surface area contributed by atoms with E-state index in [1.807, 2.05) is 0 Å². The van der Waals surface area contributed by atoms with Gasteiger partial charge in [0.15, 0.2) is 19.7 Å². The number of carbonyl (C=O) groups excluding carboxylic acids is 1. The van der Waals surface area contributed by atoms with E-state index in [2.05, 4.69) is 4.74 Å². The highest BCUT2D eigenvalue weighted by Gasteiger charge is 2.33. The summed E-state index contributed by atoms with van der Waals surface area (Å²) in [5.74, 6) is -1.76. The number of rotatable bonds is 6. The fraction of sp³-hybridized carbons (Fsp3) is 0.381. The van der Waals surface area contributed by atoms with Gasteiger partial charge in [0.05, 0.1) is 21.1 Å². The molecule has 0 bridgehead atoms. The van der Waals surface area contributed by atoms with E-state index >= 15 is 0 Å². The van der Waals surface area contributed by atoms with E-state index in [0.29, 0.717) is 23.9 Å². The smallest absolute Gasteiger partial charge is 0.406 e.